The van der Waals surface area contributed by atoms with E-state index in [0.29, 0.717) is 40.5 Å². The average molecular weight is 432 g/mol. The maximum atomic E-state index is 11.8. The number of nitrogens with one attached hydrogen (secondary N) is 1. The summed E-state index contributed by atoms with van der Waals surface area (Å²) >= 11 is 6.26. The van der Waals surface area contributed by atoms with Crippen LogP contribution in [-0.4, -0.2) is 37.2 Å². The SMILES string of the molecule is CCOc1cc(/C=C2\SC(=S)NC2=O)ccc1OCCOc1ccc(OC)cc1. The molecule has 6 nitrogen and oxygen atoms in total. The van der Waals surface area contributed by atoms with Crippen LogP contribution in [0.15, 0.2) is 47.4 Å². The topological polar surface area (TPSA) is 66.0 Å². The number of thioether (sulfide) groups is 1. The van der Waals surface area contributed by atoms with Gasteiger partial charge in [-0.3, -0.25) is 4.79 Å². The molecule has 0 radical (unpaired) electrons. The summed E-state index contributed by atoms with van der Waals surface area (Å²) in [6.07, 6.45) is 1.78. The molecule has 0 atom stereocenters. The van der Waals surface area contributed by atoms with Crippen LogP contribution in [0.1, 0.15) is 12.5 Å². The number of hydrogen-bond acceptors (Lipinski definition) is 7. The highest BCUT2D eigenvalue weighted by Crippen LogP contribution is 2.32. The molecule has 2 aromatic carbocycles. The largest absolute Gasteiger partial charge is 0.497 e. The Kier molecular flexibility index (Phi) is 7.37. The van der Waals surface area contributed by atoms with Gasteiger partial charge in [0, 0.05) is 0 Å². The molecule has 1 aliphatic heterocycles. The molecule has 0 aromatic heterocycles. The van der Waals surface area contributed by atoms with Crippen LogP contribution in [-0.2, 0) is 4.79 Å². The van der Waals surface area contributed by atoms with Crippen molar-refractivity contribution in [3.05, 3.63) is 52.9 Å². The maximum Gasteiger partial charge on any atom is 0.263 e. The first-order valence-electron chi connectivity index (χ1n) is 9.00. The van der Waals surface area contributed by atoms with E-state index < -0.39 is 0 Å². The number of benzene rings is 2. The summed E-state index contributed by atoms with van der Waals surface area (Å²) in [5.41, 5.74) is 0.831. The van der Waals surface area contributed by atoms with Crippen LogP contribution in [0.25, 0.3) is 6.08 Å². The average Bonchev–Trinajstić information content (AvgIpc) is 3.04. The Morgan fingerprint density at radius 2 is 1.72 bits per heavy atom. The molecule has 1 aliphatic rings. The van der Waals surface area contributed by atoms with E-state index in [4.69, 9.17) is 31.2 Å². The molecular formula is C21H21NO5S2. The Morgan fingerprint density at radius 1 is 1.00 bits per heavy atom. The summed E-state index contributed by atoms with van der Waals surface area (Å²) < 4.78 is 22.8. The fraction of sp³-hybridized carbons (Fsp3) is 0.238. The standard InChI is InChI=1S/C21H21NO5S2/c1-3-25-18-12-14(13-19-20(23)22-21(28)29-19)4-9-17(18)27-11-10-26-16-7-5-15(24-2)6-8-16/h4-9,12-13H,3,10-11H2,1-2H3,(H,22,23,28)/b19-13-. The van der Waals surface area contributed by atoms with Gasteiger partial charge >= 0.3 is 0 Å². The van der Waals surface area contributed by atoms with E-state index in [2.05, 4.69) is 5.32 Å². The lowest BCUT2D eigenvalue weighted by Gasteiger charge is -2.13. The normalized spacial score (nSPS) is 14.6. The maximum absolute atomic E-state index is 11.8. The van der Waals surface area contributed by atoms with Crippen LogP contribution in [0.3, 0.4) is 0 Å². The highest BCUT2D eigenvalue weighted by Gasteiger charge is 2.22. The minimum atomic E-state index is -0.186. The fourth-order valence-corrected chi connectivity index (χ4v) is 3.60. The number of ether oxygens (including phenoxy) is 4. The molecule has 8 heteroatoms. The summed E-state index contributed by atoms with van der Waals surface area (Å²) in [6, 6.07) is 12.9. The van der Waals surface area contributed by atoms with Crippen LogP contribution >= 0.6 is 24.0 Å². The minimum absolute atomic E-state index is 0.186. The summed E-state index contributed by atoms with van der Waals surface area (Å²) in [4.78, 5) is 12.4. The molecule has 1 amide bonds. The van der Waals surface area contributed by atoms with Crippen molar-refractivity contribution in [2.24, 2.45) is 0 Å². The summed E-state index contributed by atoms with van der Waals surface area (Å²) in [5, 5.41) is 2.60. The van der Waals surface area contributed by atoms with Crippen LogP contribution in [0.4, 0.5) is 0 Å². The molecule has 2 aromatic rings. The van der Waals surface area contributed by atoms with Crippen molar-refractivity contribution < 1.29 is 23.7 Å². The Bertz CT molecular complexity index is 912. The van der Waals surface area contributed by atoms with Crippen LogP contribution in [0.5, 0.6) is 23.0 Å². The van der Waals surface area contributed by atoms with E-state index in [1.54, 1.807) is 13.2 Å². The predicted molar refractivity (Wildman–Crippen MR) is 118 cm³/mol. The second kappa shape index (κ2) is 10.2. The summed E-state index contributed by atoms with van der Waals surface area (Å²) in [6.45, 7) is 3.15. The highest BCUT2D eigenvalue weighted by molar-refractivity contribution is 8.26. The first-order valence-corrected chi connectivity index (χ1v) is 10.2. The molecule has 0 saturated carbocycles. The van der Waals surface area contributed by atoms with Crippen molar-refractivity contribution >= 4 is 40.3 Å². The Labute approximate surface area is 179 Å². The number of thiocarbonyl (C=S) groups is 1. The number of hydrogen-bond donors (Lipinski definition) is 1. The van der Waals surface area contributed by atoms with Crippen molar-refractivity contribution in [1.82, 2.24) is 5.32 Å². The number of amides is 1. The third kappa shape index (κ3) is 5.88. The molecule has 0 unspecified atom stereocenters. The molecule has 1 fully saturated rings. The predicted octanol–water partition coefficient (Wildman–Crippen LogP) is 4.04. The molecular weight excluding hydrogens is 410 g/mol. The quantitative estimate of drug-likeness (QED) is 0.365. The smallest absolute Gasteiger partial charge is 0.263 e. The number of carbonyl (C=O) groups excluding carboxylic acids is 1. The number of carbonyl (C=O) groups is 1. The molecule has 152 valence electrons. The van der Waals surface area contributed by atoms with Crippen LogP contribution < -0.4 is 24.3 Å². The Hall–Kier alpha value is -2.71. The molecule has 0 bridgehead atoms. The Balaban J connectivity index is 1.60. The van der Waals surface area contributed by atoms with Gasteiger partial charge in [-0.2, -0.15) is 0 Å². The summed E-state index contributed by atoms with van der Waals surface area (Å²) in [7, 11) is 1.62. The van der Waals surface area contributed by atoms with Gasteiger partial charge in [0.05, 0.1) is 18.6 Å². The fourth-order valence-electron chi connectivity index (χ4n) is 2.56. The van der Waals surface area contributed by atoms with Gasteiger partial charge in [0.25, 0.3) is 5.91 Å². The van der Waals surface area contributed by atoms with Crippen LogP contribution in [0.2, 0.25) is 0 Å². The van der Waals surface area contributed by atoms with E-state index >= 15 is 0 Å². The lowest BCUT2D eigenvalue weighted by molar-refractivity contribution is -0.115. The van der Waals surface area contributed by atoms with Crippen molar-refractivity contribution in [3.63, 3.8) is 0 Å². The Morgan fingerprint density at radius 3 is 2.38 bits per heavy atom. The first kappa shape index (κ1) is 21.0. The van der Waals surface area contributed by atoms with Crippen LogP contribution in [0, 0.1) is 0 Å². The first-order chi connectivity index (χ1) is 14.1. The lowest BCUT2D eigenvalue weighted by atomic mass is 10.2. The van der Waals surface area contributed by atoms with E-state index in [0.717, 1.165) is 17.1 Å². The number of methoxy groups -OCH3 is 1. The van der Waals surface area contributed by atoms with Gasteiger partial charge < -0.3 is 24.3 Å². The lowest BCUT2D eigenvalue weighted by Crippen LogP contribution is -2.17. The van der Waals surface area contributed by atoms with Gasteiger partial charge in [-0.05, 0) is 55.0 Å². The third-order valence-corrected chi connectivity index (χ3v) is 5.04. The molecule has 0 aliphatic carbocycles. The molecule has 1 heterocycles. The van der Waals surface area contributed by atoms with Gasteiger partial charge in [-0.15, -0.1) is 0 Å². The molecule has 0 spiro atoms. The monoisotopic (exact) mass is 431 g/mol. The van der Waals surface area contributed by atoms with E-state index in [1.165, 1.54) is 11.8 Å². The van der Waals surface area contributed by atoms with Gasteiger partial charge in [0.2, 0.25) is 0 Å². The van der Waals surface area contributed by atoms with Gasteiger partial charge in [0.15, 0.2) is 11.5 Å². The van der Waals surface area contributed by atoms with E-state index in [-0.39, 0.29) is 5.91 Å². The zero-order valence-electron chi connectivity index (χ0n) is 16.1. The molecule has 1 N–H and O–H groups in total. The van der Waals surface area contributed by atoms with Crippen molar-refractivity contribution in [2.75, 3.05) is 26.9 Å². The van der Waals surface area contributed by atoms with Crippen molar-refractivity contribution in [1.29, 1.82) is 0 Å². The molecule has 29 heavy (non-hydrogen) atoms. The van der Waals surface area contributed by atoms with Crippen molar-refractivity contribution in [2.45, 2.75) is 6.92 Å². The molecule has 3 rings (SSSR count). The zero-order chi connectivity index (χ0) is 20.6. The second-order valence-electron chi connectivity index (χ2n) is 5.86. The van der Waals surface area contributed by atoms with Crippen molar-refractivity contribution in [3.8, 4) is 23.0 Å². The van der Waals surface area contributed by atoms with Gasteiger partial charge in [-0.1, -0.05) is 30.0 Å². The van der Waals surface area contributed by atoms with E-state index in [1.807, 2.05) is 49.4 Å². The number of rotatable bonds is 9. The highest BCUT2D eigenvalue weighted by atomic mass is 32.2. The summed E-state index contributed by atoms with van der Waals surface area (Å²) in [5.74, 6) is 2.56. The van der Waals surface area contributed by atoms with Gasteiger partial charge in [0.1, 0.15) is 29.0 Å². The van der Waals surface area contributed by atoms with Gasteiger partial charge in [-0.25, -0.2) is 0 Å². The molecule has 1 saturated heterocycles. The zero-order valence-corrected chi connectivity index (χ0v) is 17.7. The minimum Gasteiger partial charge on any atom is -0.497 e. The third-order valence-electron chi connectivity index (χ3n) is 3.88. The van der Waals surface area contributed by atoms with E-state index in [9.17, 15) is 4.79 Å². The second-order valence-corrected chi connectivity index (χ2v) is 7.58.